The molecule has 2 aliphatic rings. The van der Waals surface area contributed by atoms with Crippen LogP contribution in [-0.4, -0.2) is 41.1 Å². The van der Waals surface area contributed by atoms with Gasteiger partial charge in [-0.15, -0.1) is 0 Å². The number of amides is 2. The van der Waals surface area contributed by atoms with Gasteiger partial charge in [0.1, 0.15) is 0 Å². The lowest BCUT2D eigenvalue weighted by Gasteiger charge is -2.25. The van der Waals surface area contributed by atoms with Crippen molar-refractivity contribution >= 4 is 12.0 Å². The maximum absolute atomic E-state index is 12.1. The Morgan fingerprint density at radius 1 is 1.37 bits per heavy atom. The molecule has 0 aromatic rings. The summed E-state index contributed by atoms with van der Waals surface area (Å²) in [7, 11) is 0. The Kier molecular flexibility index (Phi) is 4.32. The summed E-state index contributed by atoms with van der Waals surface area (Å²) in [5, 5.41) is 12.5. The Bertz CT molecular complexity index is 353. The van der Waals surface area contributed by atoms with Crippen molar-refractivity contribution in [2.75, 3.05) is 13.1 Å². The van der Waals surface area contributed by atoms with Gasteiger partial charge in [-0.3, -0.25) is 4.79 Å². The Hall–Kier alpha value is -1.26. The zero-order valence-corrected chi connectivity index (χ0v) is 11.7. The first-order chi connectivity index (χ1) is 9.07. The van der Waals surface area contributed by atoms with Crippen LogP contribution in [0.25, 0.3) is 0 Å². The smallest absolute Gasteiger partial charge is 0.317 e. The standard InChI is InChI=1S/C14H24N2O3/c1-2-7-14(12(17)18)8-9-16(10-14)13(19)15-11-5-3-4-6-11/h11H,2-10H2,1H3,(H,15,19)(H,17,18). The van der Waals surface area contributed by atoms with Gasteiger partial charge in [-0.2, -0.15) is 0 Å². The molecule has 0 aromatic carbocycles. The van der Waals surface area contributed by atoms with Crippen molar-refractivity contribution in [2.24, 2.45) is 5.41 Å². The van der Waals surface area contributed by atoms with Gasteiger partial charge in [0.25, 0.3) is 0 Å². The number of carbonyl (C=O) groups excluding carboxylic acids is 1. The minimum absolute atomic E-state index is 0.0777. The molecule has 0 spiro atoms. The second-order valence-corrected chi connectivity index (χ2v) is 5.94. The first-order valence-corrected chi connectivity index (χ1v) is 7.36. The third kappa shape index (κ3) is 3.01. The van der Waals surface area contributed by atoms with E-state index in [9.17, 15) is 14.7 Å². The van der Waals surface area contributed by atoms with Crippen molar-refractivity contribution in [1.29, 1.82) is 0 Å². The second kappa shape index (κ2) is 5.80. The fraction of sp³-hybridized carbons (Fsp3) is 0.857. The number of nitrogens with zero attached hydrogens (tertiary/aromatic N) is 1. The molecular formula is C14H24N2O3. The van der Waals surface area contributed by atoms with Crippen LogP contribution in [0.5, 0.6) is 0 Å². The molecule has 1 aliphatic heterocycles. The van der Waals surface area contributed by atoms with Crippen LogP contribution in [0.1, 0.15) is 51.9 Å². The van der Waals surface area contributed by atoms with Gasteiger partial charge < -0.3 is 15.3 Å². The van der Waals surface area contributed by atoms with Gasteiger partial charge in [0, 0.05) is 19.1 Å². The number of urea groups is 1. The van der Waals surface area contributed by atoms with Gasteiger partial charge in [0.15, 0.2) is 0 Å². The highest BCUT2D eigenvalue weighted by Crippen LogP contribution is 2.35. The Balaban J connectivity index is 1.92. The Morgan fingerprint density at radius 3 is 2.63 bits per heavy atom. The Labute approximate surface area is 114 Å². The predicted molar refractivity (Wildman–Crippen MR) is 72.0 cm³/mol. The fourth-order valence-corrected chi connectivity index (χ4v) is 3.35. The SMILES string of the molecule is CCCC1(C(=O)O)CCN(C(=O)NC2CCCC2)C1. The van der Waals surface area contributed by atoms with E-state index in [0.717, 1.165) is 19.3 Å². The van der Waals surface area contributed by atoms with Gasteiger partial charge in [-0.25, -0.2) is 4.79 Å². The molecule has 2 N–H and O–H groups in total. The van der Waals surface area contributed by atoms with Gasteiger partial charge in [-0.1, -0.05) is 26.2 Å². The van der Waals surface area contributed by atoms with Crippen LogP contribution in [0.4, 0.5) is 4.79 Å². The van der Waals surface area contributed by atoms with Crippen LogP contribution < -0.4 is 5.32 Å². The molecule has 5 nitrogen and oxygen atoms in total. The van der Waals surface area contributed by atoms with E-state index in [1.54, 1.807) is 4.90 Å². The predicted octanol–water partition coefficient (Wildman–Crippen LogP) is 2.22. The number of carboxylic acids is 1. The van der Waals surface area contributed by atoms with E-state index in [1.165, 1.54) is 12.8 Å². The largest absolute Gasteiger partial charge is 0.481 e. The lowest BCUT2D eigenvalue weighted by Crippen LogP contribution is -2.44. The van der Waals surface area contributed by atoms with E-state index < -0.39 is 11.4 Å². The summed E-state index contributed by atoms with van der Waals surface area (Å²) in [4.78, 5) is 25.3. The average molecular weight is 268 g/mol. The molecule has 0 radical (unpaired) electrons. The molecule has 1 aliphatic carbocycles. The molecule has 5 heteroatoms. The maximum Gasteiger partial charge on any atom is 0.317 e. The molecule has 2 fully saturated rings. The van der Waals surface area contributed by atoms with Crippen LogP contribution in [0.2, 0.25) is 0 Å². The number of carbonyl (C=O) groups is 2. The lowest BCUT2D eigenvalue weighted by molar-refractivity contribution is -0.148. The zero-order valence-electron chi connectivity index (χ0n) is 11.7. The third-order valence-electron chi connectivity index (χ3n) is 4.51. The minimum Gasteiger partial charge on any atom is -0.481 e. The number of likely N-dealkylation sites (tertiary alicyclic amines) is 1. The van der Waals surface area contributed by atoms with Crippen LogP contribution in [-0.2, 0) is 4.79 Å². The first kappa shape index (κ1) is 14.2. The highest BCUT2D eigenvalue weighted by atomic mass is 16.4. The quantitative estimate of drug-likeness (QED) is 0.821. The van der Waals surface area contributed by atoms with Gasteiger partial charge in [-0.05, 0) is 25.7 Å². The molecular weight excluding hydrogens is 244 g/mol. The van der Waals surface area contributed by atoms with E-state index >= 15 is 0 Å². The fourth-order valence-electron chi connectivity index (χ4n) is 3.35. The summed E-state index contributed by atoms with van der Waals surface area (Å²) < 4.78 is 0. The van der Waals surface area contributed by atoms with Gasteiger partial charge in [0.2, 0.25) is 0 Å². The summed E-state index contributed by atoms with van der Waals surface area (Å²) in [6.45, 7) is 2.91. The number of hydrogen-bond acceptors (Lipinski definition) is 2. The molecule has 1 saturated carbocycles. The number of aliphatic carboxylic acids is 1. The number of nitrogens with one attached hydrogen (secondary N) is 1. The molecule has 2 amide bonds. The zero-order chi connectivity index (χ0) is 13.9. The molecule has 0 aromatic heterocycles. The highest BCUT2D eigenvalue weighted by Gasteiger charge is 2.45. The Morgan fingerprint density at radius 2 is 2.05 bits per heavy atom. The molecule has 1 heterocycles. The average Bonchev–Trinajstić information content (AvgIpc) is 2.99. The lowest BCUT2D eigenvalue weighted by atomic mass is 9.83. The molecule has 108 valence electrons. The van der Waals surface area contributed by atoms with E-state index in [1.807, 2.05) is 6.92 Å². The second-order valence-electron chi connectivity index (χ2n) is 5.94. The van der Waals surface area contributed by atoms with Crippen LogP contribution in [0, 0.1) is 5.41 Å². The summed E-state index contributed by atoms with van der Waals surface area (Å²) in [5.41, 5.74) is -0.720. The molecule has 2 rings (SSSR count). The number of carboxylic acid groups (broad SMARTS) is 1. The summed E-state index contributed by atoms with van der Waals surface area (Å²) in [6.07, 6.45) is 6.53. The number of rotatable bonds is 4. The summed E-state index contributed by atoms with van der Waals surface area (Å²) >= 11 is 0. The number of hydrogen-bond donors (Lipinski definition) is 2. The topological polar surface area (TPSA) is 69.6 Å². The molecule has 1 atom stereocenters. The molecule has 1 saturated heterocycles. The van der Waals surface area contributed by atoms with Gasteiger partial charge >= 0.3 is 12.0 Å². The van der Waals surface area contributed by atoms with Crippen LogP contribution in [0.3, 0.4) is 0 Å². The van der Waals surface area contributed by atoms with Crippen LogP contribution in [0.15, 0.2) is 0 Å². The van der Waals surface area contributed by atoms with Gasteiger partial charge in [0.05, 0.1) is 5.41 Å². The van der Waals surface area contributed by atoms with Crippen LogP contribution >= 0.6 is 0 Å². The van der Waals surface area contributed by atoms with Crippen molar-refractivity contribution in [1.82, 2.24) is 10.2 Å². The normalized spacial score (nSPS) is 27.7. The molecule has 1 unspecified atom stereocenters. The van der Waals surface area contributed by atoms with Crippen molar-refractivity contribution in [3.8, 4) is 0 Å². The van der Waals surface area contributed by atoms with Crippen molar-refractivity contribution in [3.63, 3.8) is 0 Å². The minimum atomic E-state index is -0.759. The van der Waals surface area contributed by atoms with Crippen molar-refractivity contribution in [3.05, 3.63) is 0 Å². The molecule has 0 bridgehead atoms. The summed E-state index contributed by atoms with van der Waals surface area (Å²) in [5.74, 6) is -0.759. The maximum atomic E-state index is 12.1. The highest BCUT2D eigenvalue weighted by molar-refractivity contribution is 5.79. The van der Waals surface area contributed by atoms with Crippen molar-refractivity contribution < 1.29 is 14.7 Å². The van der Waals surface area contributed by atoms with E-state index in [2.05, 4.69) is 5.32 Å². The van der Waals surface area contributed by atoms with E-state index in [4.69, 9.17) is 0 Å². The first-order valence-electron chi connectivity index (χ1n) is 7.36. The van der Waals surface area contributed by atoms with E-state index in [-0.39, 0.29) is 6.03 Å². The molecule has 19 heavy (non-hydrogen) atoms. The third-order valence-corrected chi connectivity index (χ3v) is 4.51. The van der Waals surface area contributed by atoms with Crippen molar-refractivity contribution in [2.45, 2.75) is 57.9 Å². The monoisotopic (exact) mass is 268 g/mol. The summed E-state index contributed by atoms with van der Waals surface area (Å²) in [6, 6.07) is 0.213. The van der Waals surface area contributed by atoms with E-state index in [0.29, 0.717) is 32.0 Å².